The van der Waals surface area contributed by atoms with E-state index in [9.17, 15) is 0 Å². The summed E-state index contributed by atoms with van der Waals surface area (Å²) in [4.78, 5) is 0. The third kappa shape index (κ3) is 0. The van der Waals surface area contributed by atoms with Gasteiger partial charge in [-0.2, -0.15) is 0 Å². The fraction of sp³-hybridized carbons (Fsp3) is 1.00. The van der Waals surface area contributed by atoms with Gasteiger partial charge in [0.05, 0.1) is 0 Å². The molecule has 0 aromatic carbocycles. The first-order valence-electron chi connectivity index (χ1n) is 55.0. The Morgan fingerprint density at radius 1 is 0.0182 bits per heavy atom. The zero-order valence-corrected chi connectivity index (χ0v) is 110. The minimum absolute atomic E-state index is 2.00. The molecule has 0 heterocycles. The fourth-order valence-corrected chi connectivity index (χ4v) is 0. The van der Waals surface area contributed by atoms with E-state index in [-0.39, 0.29) is 0 Å². The topological polar surface area (TPSA) is 0 Å². The Bertz CT molecular complexity index is 0. The molecule has 0 aliphatic carbocycles. The van der Waals surface area contributed by atoms with Crippen LogP contribution in [-0.2, 0) is 0 Å². The van der Waals surface area contributed by atoms with Crippen molar-refractivity contribution in [2.24, 2.45) is 0 Å². The van der Waals surface area contributed by atoms with Crippen molar-refractivity contribution in [3.63, 3.8) is 0 Å². The van der Waals surface area contributed by atoms with Crippen molar-refractivity contribution < 1.29 is 0 Å². The summed E-state index contributed by atoms with van der Waals surface area (Å²) in [5.74, 6) is 0. The first-order chi connectivity index (χ1) is 55.0. The molecule has 0 nitrogen and oxygen atoms in total. The van der Waals surface area contributed by atoms with Gasteiger partial charge in [0.25, 0.3) is 0 Å². The van der Waals surface area contributed by atoms with Crippen LogP contribution in [0.1, 0.15) is 762 Å². The summed E-state index contributed by atoms with van der Waals surface area (Å²) in [6, 6.07) is 0. The van der Waals surface area contributed by atoms with E-state index < -0.39 is 0 Å². The van der Waals surface area contributed by atoms with E-state index in [1.807, 2.05) is 762 Å². The highest BCUT2D eigenvalue weighted by atomic mass is 13.1. The molecule has 0 aromatic rings. The predicted octanol–water partition coefficient (Wildman–Crippen LogP) is 56.4. The van der Waals surface area contributed by atoms with Gasteiger partial charge in [0.1, 0.15) is 0 Å². The van der Waals surface area contributed by atoms with Gasteiger partial charge in [0.2, 0.25) is 0 Å². The molecular weight excluding hydrogens is 1320 g/mol. The van der Waals surface area contributed by atoms with Crippen LogP contribution in [0.4, 0.5) is 0 Å². The summed E-state index contributed by atoms with van der Waals surface area (Å²) in [5.41, 5.74) is 0. The molecule has 0 N–H and O–H groups in total. The van der Waals surface area contributed by atoms with Gasteiger partial charge in [-0.15, -0.1) is 0 Å². The normalized spacial score (nSPS) is 3.00. The number of hydrogen-bond acceptors (Lipinski definition) is 0. The zero-order valence-electron chi connectivity index (χ0n) is 110. The lowest BCUT2D eigenvalue weighted by Crippen LogP contribution is -0.856. The second kappa shape index (κ2) is 0. The van der Waals surface area contributed by atoms with E-state index >= 15 is 0 Å². The highest BCUT2D eigenvalue weighted by molar-refractivity contribution is 3.61. The monoisotopic (exact) mass is 1650 g/mol. The number of rotatable bonds is 0. The minimum Gasteiger partial charge on any atom is -0.0683 e. The number of hydrogen-bond donors (Lipinski definition) is 0. The molecule has 0 aliphatic rings. The van der Waals surface area contributed by atoms with E-state index in [1.165, 1.54) is 0 Å². The Balaban J connectivity index is -0.00000000528. The smallest absolute Gasteiger partial charge is 0.0683 e. The quantitative estimate of drug-likeness (QED) is 0.227. The van der Waals surface area contributed by atoms with Crippen LogP contribution in [0.3, 0.4) is 0 Å². The average molecular weight is 1650 g/mol. The highest BCUT2D eigenvalue weighted by Gasteiger charge is 1.04. The predicted molar refractivity (Wildman–Crippen MR) is 624 cm³/mol. The third-order valence-electron chi connectivity index (χ3n) is 0. The van der Waals surface area contributed by atoms with Crippen LogP contribution < -0.4 is 0 Å². The highest BCUT2D eigenvalue weighted by Crippen LogP contribution is 1.25. The van der Waals surface area contributed by atoms with Gasteiger partial charge in [-0.25, -0.2) is 0 Å². The van der Waals surface area contributed by atoms with Crippen LogP contribution in [0.5, 0.6) is 0 Å². The van der Waals surface area contributed by atoms with Gasteiger partial charge in [-0.3, -0.25) is 0 Å². The fourth-order valence-electron chi connectivity index (χ4n) is 0. The van der Waals surface area contributed by atoms with Crippen LogP contribution >= 0.6 is 0 Å². The molecule has 0 radical (unpaired) electrons. The van der Waals surface area contributed by atoms with Gasteiger partial charge in [0.15, 0.2) is 0 Å². The summed E-state index contributed by atoms with van der Waals surface area (Å²) >= 11 is 0. The van der Waals surface area contributed by atoms with Crippen molar-refractivity contribution in [2.75, 3.05) is 0 Å². The SMILES string of the molecule is CC.CC.CC.CC.CC.CC.CC.CC.CC.CC.CC.CC.CC.CC.CC.CC.CC.CC.CC.CC.CC.CC.CC.CC.CC.CC.CC.CC.CC.CC.CC.CC.CC.CC.CC.CC.CC.CC.CC.CC.CC.CC.CC.CC.CC.CC.CC.CC.CC.CC.CC.CC.CC.CC.CC. The van der Waals surface area contributed by atoms with Crippen molar-refractivity contribution in [1.29, 1.82) is 0 Å². The molecule has 770 valence electrons. The van der Waals surface area contributed by atoms with Crippen LogP contribution in [0.15, 0.2) is 0 Å². The summed E-state index contributed by atoms with van der Waals surface area (Å²) in [6.07, 6.45) is 0. The van der Waals surface area contributed by atoms with E-state index in [1.54, 1.807) is 0 Å². The molecule has 0 saturated heterocycles. The molecule has 0 aromatic heterocycles. The molecule has 0 atom stereocenters. The van der Waals surface area contributed by atoms with Crippen LogP contribution in [-0.4, -0.2) is 0 Å². The Morgan fingerprint density at radius 2 is 0.0182 bits per heavy atom. The molecule has 0 unspecified atom stereocenters. The second-order valence-electron chi connectivity index (χ2n) is 0. The van der Waals surface area contributed by atoms with Crippen LogP contribution in [0.25, 0.3) is 0 Å². The molecule has 0 fully saturated rings. The minimum atomic E-state index is 2.00. The summed E-state index contributed by atoms with van der Waals surface area (Å²) in [7, 11) is 0. The van der Waals surface area contributed by atoms with Gasteiger partial charge in [-0.05, 0) is 0 Å². The first-order valence-corrected chi connectivity index (χ1v) is 55.0. The molecule has 0 spiro atoms. The molecule has 0 heteroatoms. The lowest BCUT2D eigenvalue weighted by molar-refractivity contribution is 1.50. The average Bonchev–Trinajstić information content (AvgIpc) is 3.94. The lowest BCUT2D eigenvalue weighted by atomic mass is 11.0. The summed E-state index contributed by atoms with van der Waals surface area (Å²) < 4.78 is 0. The Kier molecular flexibility index (Phi) is 0. The Labute approximate surface area is 757 Å². The Morgan fingerprint density at radius 3 is 0.0182 bits per heavy atom. The molecule has 110 heavy (non-hydrogen) atoms. The summed E-state index contributed by atoms with van der Waals surface area (Å²) in [6.45, 7) is 220. The molecule has 0 saturated carbocycles. The van der Waals surface area contributed by atoms with E-state index in [4.69, 9.17) is 0 Å². The van der Waals surface area contributed by atoms with Crippen LogP contribution in [0.2, 0.25) is 0 Å². The van der Waals surface area contributed by atoms with Gasteiger partial charge >= 0.3 is 0 Å². The maximum Gasteiger partial charge on any atom is -0.0683 e. The van der Waals surface area contributed by atoms with Crippen molar-refractivity contribution in [3.8, 4) is 0 Å². The van der Waals surface area contributed by atoms with Crippen molar-refractivity contribution in [2.45, 2.75) is 762 Å². The van der Waals surface area contributed by atoms with Gasteiger partial charge in [0, 0.05) is 0 Å². The summed E-state index contributed by atoms with van der Waals surface area (Å²) in [5, 5.41) is 0. The standard InChI is InChI=1S/55C2H6/c55*1-2/h55*1-2H3. The van der Waals surface area contributed by atoms with E-state index in [2.05, 4.69) is 0 Å². The van der Waals surface area contributed by atoms with Gasteiger partial charge < -0.3 is 0 Å². The second-order valence-corrected chi connectivity index (χ2v) is 0. The van der Waals surface area contributed by atoms with Gasteiger partial charge in [-0.1, -0.05) is 762 Å². The molecular formula is C110H330. The molecule has 0 amide bonds. The largest absolute Gasteiger partial charge is 0.0683 e. The third-order valence-corrected chi connectivity index (χ3v) is 0. The maximum absolute atomic E-state index is 2.00. The van der Waals surface area contributed by atoms with Crippen molar-refractivity contribution in [3.05, 3.63) is 0 Å². The van der Waals surface area contributed by atoms with Crippen molar-refractivity contribution >= 4 is 0 Å². The van der Waals surface area contributed by atoms with E-state index in [0.717, 1.165) is 0 Å². The van der Waals surface area contributed by atoms with E-state index in [0.29, 0.717) is 0 Å². The Hall–Kier alpha value is 0. The van der Waals surface area contributed by atoms with Crippen LogP contribution in [0, 0.1) is 0 Å². The molecule has 0 rings (SSSR count). The van der Waals surface area contributed by atoms with Crippen molar-refractivity contribution in [1.82, 2.24) is 0 Å². The molecule has 0 bridgehead atoms. The molecule has 0 aliphatic heterocycles. The zero-order chi connectivity index (χ0) is 110. The first kappa shape index (κ1) is 432. The maximum atomic E-state index is 2.00. The lowest BCUT2D eigenvalue weighted by Gasteiger charge is -1.07.